The number of carbonyl (C=O) groups excluding carboxylic acids is 1. The van der Waals surface area contributed by atoms with Gasteiger partial charge in [-0.1, -0.05) is 0 Å². The highest BCUT2D eigenvalue weighted by Crippen LogP contribution is 2.02. The average Bonchev–Trinajstić information content (AvgIpc) is 1.99. The molecule has 3 nitrogen and oxygen atoms in total. The minimum absolute atomic E-state index is 0.115. The number of hydrazone groups is 1. The first-order valence-electron chi connectivity index (χ1n) is 3.09. The molecule has 0 saturated heterocycles. The van der Waals surface area contributed by atoms with Gasteiger partial charge in [-0.2, -0.15) is 5.10 Å². The Morgan fingerprint density at radius 2 is 2.56 bits per heavy atom. The third-order valence-electron chi connectivity index (χ3n) is 1.34. The van der Waals surface area contributed by atoms with Crippen LogP contribution >= 0.6 is 0 Å². The van der Waals surface area contributed by atoms with E-state index in [2.05, 4.69) is 5.10 Å². The van der Waals surface area contributed by atoms with E-state index in [9.17, 15) is 4.79 Å². The third-order valence-corrected chi connectivity index (χ3v) is 1.34. The highest BCUT2D eigenvalue weighted by molar-refractivity contribution is 5.78. The quantitative estimate of drug-likeness (QED) is 0.468. The van der Waals surface area contributed by atoms with Gasteiger partial charge in [-0.3, -0.25) is 4.79 Å². The van der Waals surface area contributed by atoms with Crippen LogP contribution in [0.25, 0.3) is 0 Å². The summed E-state index contributed by atoms with van der Waals surface area (Å²) >= 11 is 0. The van der Waals surface area contributed by atoms with Crippen molar-refractivity contribution in [3.63, 3.8) is 0 Å². The van der Waals surface area contributed by atoms with E-state index in [1.807, 2.05) is 0 Å². The Bertz CT molecular complexity index is 142. The predicted molar refractivity (Wildman–Crippen MR) is 35.1 cm³/mol. The van der Waals surface area contributed by atoms with Gasteiger partial charge in [0.25, 0.3) is 0 Å². The number of carbonyl (C=O) groups is 1. The lowest BCUT2D eigenvalue weighted by molar-refractivity contribution is -0.129. The lowest BCUT2D eigenvalue weighted by Gasteiger charge is -2.05. The molecule has 0 aromatic carbocycles. The molecule has 9 heavy (non-hydrogen) atoms. The summed E-state index contributed by atoms with van der Waals surface area (Å²) in [6.45, 7) is 0. The Kier molecular flexibility index (Phi) is 1.82. The van der Waals surface area contributed by atoms with Crippen LogP contribution in [0.15, 0.2) is 5.10 Å². The van der Waals surface area contributed by atoms with E-state index in [0.29, 0.717) is 6.42 Å². The number of hydrogen-bond acceptors (Lipinski definition) is 2. The largest absolute Gasteiger partial charge is 0.273 e. The van der Waals surface area contributed by atoms with Crippen molar-refractivity contribution < 1.29 is 4.79 Å². The van der Waals surface area contributed by atoms with Gasteiger partial charge >= 0.3 is 0 Å². The Labute approximate surface area is 54.3 Å². The fourth-order valence-electron chi connectivity index (χ4n) is 0.751. The zero-order chi connectivity index (χ0) is 6.69. The monoisotopic (exact) mass is 126 g/mol. The number of amides is 1. The standard InChI is InChI=1S/C6H10N2O/c1-8-6(9)4-2-3-5-7-8/h5H,2-4H2,1H3. The molecule has 50 valence electrons. The molecular formula is C6H10N2O. The van der Waals surface area contributed by atoms with E-state index in [1.165, 1.54) is 5.01 Å². The number of hydrogen-bond donors (Lipinski definition) is 0. The summed E-state index contributed by atoms with van der Waals surface area (Å²) in [6.07, 6.45) is 4.28. The van der Waals surface area contributed by atoms with Crippen molar-refractivity contribution in [3.05, 3.63) is 0 Å². The van der Waals surface area contributed by atoms with E-state index < -0.39 is 0 Å². The van der Waals surface area contributed by atoms with Crippen LogP contribution in [0.2, 0.25) is 0 Å². The molecule has 1 heterocycles. The molecule has 0 aromatic heterocycles. The molecule has 0 spiro atoms. The Balaban J connectivity index is 2.56. The van der Waals surface area contributed by atoms with Gasteiger partial charge in [-0.25, -0.2) is 5.01 Å². The Morgan fingerprint density at radius 3 is 3.33 bits per heavy atom. The van der Waals surface area contributed by atoms with Crippen molar-refractivity contribution >= 4 is 12.1 Å². The fourth-order valence-corrected chi connectivity index (χ4v) is 0.751. The molecule has 0 bridgehead atoms. The molecule has 0 unspecified atom stereocenters. The number of nitrogens with zero attached hydrogens (tertiary/aromatic N) is 2. The van der Waals surface area contributed by atoms with Gasteiger partial charge in [0.15, 0.2) is 0 Å². The summed E-state index contributed by atoms with van der Waals surface area (Å²) in [4.78, 5) is 10.8. The molecular weight excluding hydrogens is 116 g/mol. The summed E-state index contributed by atoms with van der Waals surface area (Å²) < 4.78 is 0. The van der Waals surface area contributed by atoms with Crippen molar-refractivity contribution in [2.75, 3.05) is 7.05 Å². The van der Waals surface area contributed by atoms with E-state index in [1.54, 1.807) is 13.3 Å². The molecule has 0 aliphatic carbocycles. The SMILES string of the molecule is CN1N=CCCCC1=O. The van der Waals surface area contributed by atoms with Gasteiger partial charge in [0, 0.05) is 19.7 Å². The van der Waals surface area contributed by atoms with Crippen LogP contribution in [0, 0.1) is 0 Å². The van der Waals surface area contributed by atoms with Crippen molar-refractivity contribution in [1.82, 2.24) is 5.01 Å². The minimum Gasteiger partial charge on any atom is -0.273 e. The van der Waals surface area contributed by atoms with Crippen LogP contribution in [0.3, 0.4) is 0 Å². The zero-order valence-corrected chi connectivity index (χ0v) is 5.50. The molecule has 0 saturated carbocycles. The van der Waals surface area contributed by atoms with E-state index >= 15 is 0 Å². The van der Waals surface area contributed by atoms with Crippen molar-refractivity contribution in [2.24, 2.45) is 5.10 Å². The van der Waals surface area contributed by atoms with Crippen molar-refractivity contribution in [1.29, 1.82) is 0 Å². The van der Waals surface area contributed by atoms with Crippen molar-refractivity contribution in [3.8, 4) is 0 Å². The average molecular weight is 126 g/mol. The van der Waals surface area contributed by atoms with Gasteiger partial charge in [-0.05, 0) is 12.8 Å². The zero-order valence-electron chi connectivity index (χ0n) is 5.50. The van der Waals surface area contributed by atoms with E-state index in [-0.39, 0.29) is 5.91 Å². The van der Waals surface area contributed by atoms with Crippen LogP contribution in [0.1, 0.15) is 19.3 Å². The summed E-state index contributed by atoms with van der Waals surface area (Å²) in [6, 6.07) is 0. The van der Waals surface area contributed by atoms with Crippen LogP contribution in [-0.2, 0) is 4.79 Å². The third kappa shape index (κ3) is 1.52. The van der Waals surface area contributed by atoms with Gasteiger partial charge in [0.1, 0.15) is 0 Å². The minimum atomic E-state index is 0.115. The molecule has 0 atom stereocenters. The Morgan fingerprint density at radius 1 is 1.78 bits per heavy atom. The molecule has 0 N–H and O–H groups in total. The highest BCUT2D eigenvalue weighted by Gasteiger charge is 2.07. The van der Waals surface area contributed by atoms with Crippen LogP contribution < -0.4 is 0 Å². The van der Waals surface area contributed by atoms with Crippen LogP contribution in [0.5, 0.6) is 0 Å². The van der Waals surface area contributed by atoms with E-state index in [4.69, 9.17) is 0 Å². The second-order valence-electron chi connectivity index (χ2n) is 2.11. The summed E-state index contributed by atoms with van der Waals surface area (Å²) in [5.74, 6) is 0.115. The lowest BCUT2D eigenvalue weighted by atomic mass is 10.2. The molecule has 1 aliphatic rings. The normalized spacial score (nSPS) is 20.1. The second kappa shape index (κ2) is 2.62. The Hall–Kier alpha value is -0.860. The summed E-state index contributed by atoms with van der Waals surface area (Å²) in [5, 5.41) is 5.26. The molecule has 0 radical (unpaired) electrons. The van der Waals surface area contributed by atoms with Gasteiger partial charge in [0.05, 0.1) is 0 Å². The maximum absolute atomic E-state index is 10.8. The molecule has 1 aliphatic heterocycles. The van der Waals surface area contributed by atoms with E-state index in [0.717, 1.165) is 12.8 Å². The topological polar surface area (TPSA) is 32.7 Å². The van der Waals surface area contributed by atoms with Crippen molar-refractivity contribution in [2.45, 2.75) is 19.3 Å². The first-order valence-corrected chi connectivity index (χ1v) is 3.09. The van der Waals surface area contributed by atoms with Gasteiger partial charge in [-0.15, -0.1) is 0 Å². The molecule has 1 rings (SSSR count). The first-order chi connectivity index (χ1) is 4.30. The van der Waals surface area contributed by atoms with Gasteiger partial charge < -0.3 is 0 Å². The van der Waals surface area contributed by atoms with Crippen LogP contribution in [0.4, 0.5) is 0 Å². The highest BCUT2D eigenvalue weighted by atomic mass is 16.2. The summed E-state index contributed by atoms with van der Waals surface area (Å²) in [7, 11) is 1.68. The predicted octanol–water partition coefficient (Wildman–Crippen LogP) is 0.615. The molecule has 0 aromatic rings. The molecule has 1 amide bonds. The maximum Gasteiger partial charge on any atom is 0.242 e. The lowest BCUT2D eigenvalue weighted by Crippen LogP contribution is -2.18. The summed E-state index contributed by atoms with van der Waals surface area (Å²) in [5.41, 5.74) is 0. The number of rotatable bonds is 0. The molecule has 3 heteroatoms. The maximum atomic E-state index is 10.8. The fraction of sp³-hybridized carbons (Fsp3) is 0.667. The van der Waals surface area contributed by atoms with Crippen LogP contribution in [-0.4, -0.2) is 24.2 Å². The van der Waals surface area contributed by atoms with Gasteiger partial charge in [0.2, 0.25) is 5.91 Å². The second-order valence-corrected chi connectivity index (χ2v) is 2.11. The molecule has 0 fully saturated rings. The first kappa shape index (κ1) is 6.26. The smallest absolute Gasteiger partial charge is 0.242 e.